The predicted molar refractivity (Wildman–Crippen MR) is 97.1 cm³/mol. The molecule has 0 aliphatic heterocycles. The van der Waals surface area contributed by atoms with Crippen LogP contribution in [0, 0.1) is 5.92 Å². The highest BCUT2D eigenvalue weighted by Gasteiger charge is 2.17. The average Bonchev–Trinajstić information content (AvgIpc) is 2.62. The third-order valence-corrected chi connectivity index (χ3v) is 3.76. The van der Waals surface area contributed by atoms with Crippen LogP contribution < -0.4 is 0 Å². The summed E-state index contributed by atoms with van der Waals surface area (Å²) in [7, 11) is 3.20. The van der Waals surface area contributed by atoms with Crippen molar-refractivity contribution in [2.45, 2.75) is 33.1 Å². The number of hydrogen-bond acceptors (Lipinski definition) is 5. The van der Waals surface area contributed by atoms with Gasteiger partial charge in [-0.25, -0.2) is 19.4 Å². The third kappa shape index (κ3) is 8.50. The minimum absolute atomic E-state index is 0.0223. The highest BCUT2D eigenvalue weighted by Crippen LogP contribution is 2.05. The maximum atomic E-state index is 11.9. The molecule has 0 N–H and O–H groups in total. The zero-order valence-electron chi connectivity index (χ0n) is 15.9. The van der Waals surface area contributed by atoms with E-state index >= 15 is 0 Å². The van der Waals surface area contributed by atoms with Crippen molar-refractivity contribution < 1.29 is 24.2 Å². The maximum absolute atomic E-state index is 11.9. The number of nitrogens with zero attached hydrogens (tertiary/aromatic N) is 2. The number of benzene rings is 1. The molecule has 0 fully saturated rings. The van der Waals surface area contributed by atoms with Crippen molar-refractivity contribution in [2.75, 3.05) is 27.2 Å². The number of likely N-dealkylation sites (N-methyl/N-ethyl adjacent to an activating group) is 2. The van der Waals surface area contributed by atoms with E-state index in [0.717, 1.165) is 5.56 Å². The molecule has 0 aliphatic rings. The molecule has 0 radical (unpaired) electrons. The van der Waals surface area contributed by atoms with Crippen LogP contribution in [-0.2, 0) is 25.8 Å². The molecule has 0 saturated heterocycles. The Balaban J connectivity index is 2.24. The molecule has 1 aromatic rings. The summed E-state index contributed by atoms with van der Waals surface area (Å²) in [6.07, 6.45) is 0.315. The van der Waals surface area contributed by atoms with Crippen molar-refractivity contribution in [3.63, 3.8) is 0 Å². The molecule has 1 rings (SSSR count). The minimum Gasteiger partial charge on any atom is -0.344 e. The molecule has 7 heteroatoms. The van der Waals surface area contributed by atoms with Gasteiger partial charge >= 0.3 is 12.1 Å². The Labute approximate surface area is 154 Å². The second kappa shape index (κ2) is 11.1. The van der Waals surface area contributed by atoms with E-state index in [4.69, 9.17) is 0 Å². The Kier molecular flexibility index (Phi) is 9.19. The van der Waals surface area contributed by atoms with E-state index in [0.29, 0.717) is 19.4 Å². The van der Waals surface area contributed by atoms with E-state index in [9.17, 15) is 14.4 Å². The molecule has 0 unspecified atom stereocenters. The maximum Gasteiger partial charge on any atom is 0.452 e. The molecular formula is C19H28N2O5. The molecule has 0 heterocycles. The van der Waals surface area contributed by atoms with Gasteiger partial charge in [0.2, 0.25) is 5.91 Å². The van der Waals surface area contributed by atoms with Crippen LogP contribution in [0.4, 0.5) is 4.79 Å². The van der Waals surface area contributed by atoms with Crippen molar-refractivity contribution in [1.82, 2.24) is 9.80 Å². The minimum atomic E-state index is -0.775. The third-order valence-electron chi connectivity index (χ3n) is 3.76. The number of rotatable bonds is 8. The van der Waals surface area contributed by atoms with E-state index in [1.165, 1.54) is 11.9 Å². The van der Waals surface area contributed by atoms with Crippen molar-refractivity contribution in [2.24, 2.45) is 5.92 Å². The van der Waals surface area contributed by atoms with Crippen molar-refractivity contribution in [1.29, 1.82) is 0 Å². The van der Waals surface area contributed by atoms with Gasteiger partial charge in [0, 0.05) is 33.6 Å². The standard InChI is InChI=1S/C19H28N2O5/c1-15(2)14-17(22)20(3)12-13-21(4)19(24)26-25-18(23)11-10-16-8-6-5-7-9-16/h5-9,15H,10-14H2,1-4H3. The van der Waals surface area contributed by atoms with Crippen LogP contribution in [0.5, 0.6) is 0 Å². The molecule has 7 nitrogen and oxygen atoms in total. The summed E-state index contributed by atoms with van der Waals surface area (Å²) in [5.41, 5.74) is 1.00. The Morgan fingerprint density at radius 2 is 1.58 bits per heavy atom. The summed E-state index contributed by atoms with van der Waals surface area (Å²) in [6.45, 7) is 4.60. The molecule has 0 spiro atoms. The van der Waals surface area contributed by atoms with Gasteiger partial charge in [-0.1, -0.05) is 44.2 Å². The summed E-state index contributed by atoms with van der Waals surface area (Å²) in [4.78, 5) is 47.2. The first kappa shape index (κ1) is 21.5. The van der Waals surface area contributed by atoms with Crippen molar-refractivity contribution >= 4 is 18.0 Å². The number of carbonyl (C=O) groups is 3. The normalized spacial score (nSPS) is 10.3. The number of hydrogen-bond donors (Lipinski definition) is 0. The fraction of sp³-hybridized carbons (Fsp3) is 0.526. The van der Waals surface area contributed by atoms with Gasteiger partial charge in [0.1, 0.15) is 0 Å². The van der Waals surface area contributed by atoms with E-state index in [1.54, 1.807) is 11.9 Å². The van der Waals surface area contributed by atoms with Gasteiger partial charge in [-0.3, -0.25) is 4.79 Å². The molecule has 144 valence electrons. The number of amides is 2. The number of aryl methyl sites for hydroxylation is 1. The lowest BCUT2D eigenvalue weighted by Crippen LogP contribution is -2.38. The molecule has 2 amide bonds. The van der Waals surface area contributed by atoms with Crippen molar-refractivity contribution in [3.05, 3.63) is 35.9 Å². The van der Waals surface area contributed by atoms with Gasteiger partial charge in [0.05, 0.1) is 6.42 Å². The van der Waals surface area contributed by atoms with Gasteiger partial charge in [-0.05, 0) is 17.9 Å². The summed E-state index contributed by atoms with van der Waals surface area (Å²) in [5, 5.41) is 0. The second-order valence-corrected chi connectivity index (χ2v) is 6.63. The van der Waals surface area contributed by atoms with Crippen LogP contribution in [0.1, 0.15) is 32.3 Å². The highest BCUT2D eigenvalue weighted by atomic mass is 17.2. The Hall–Kier alpha value is -2.57. The SMILES string of the molecule is CC(C)CC(=O)N(C)CCN(C)C(=O)OOC(=O)CCc1ccccc1. The van der Waals surface area contributed by atoms with Crippen LogP contribution in [0.3, 0.4) is 0 Å². The smallest absolute Gasteiger partial charge is 0.344 e. The van der Waals surface area contributed by atoms with Gasteiger partial charge in [0.15, 0.2) is 0 Å². The van der Waals surface area contributed by atoms with Gasteiger partial charge in [-0.2, -0.15) is 0 Å². The quantitative estimate of drug-likeness (QED) is 0.524. The lowest BCUT2D eigenvalue weighted by Gasteiger charge is -2.22. The molecule has 0 aromatic heterocycles. The van der Waals surface area contributed by atoms with E-state index in [1.807, 2.05) is 44.2 Å². The Morgan fingerprint density at radius 3 is 2.19 bits per heavy atom. The van der Waals surface area contributed by atoms with Crippen LogP contribution >= 0.6 is 0 Å². The lowest BCUT2D eigenvalue weighted by atomic mass is 10.1. The van der Waals surface area contributed by atoms with Crippen LogP contribution in [0.2, 0.25) is 0 Å². The molecule has 0 bridgehead atoms. The van der Waals surface area contributed by atoms with Gasteiger partial charge in [0.25, 0.3) is 0 Å². The first-order chi connectivity index (χ1) is 12.3. The fourth-order valence-electron chi connectivity index (χ4n) is 2.10. The first-order valence-corrected chi connectivity index (χ1v) is 8.70. The predicted octanol–water partition coefficient (Wildman–Crippen LogP) is 2.65. The first-order valence-electron chi connectivity index (χ1n) is 8.70. The largest absolute Gasteiger partial charge is 0.452 e. The Morgan fingerprint density at radius 1 is 0.962 bits per heavy atom. The van der Waals surface area contributed by atoms with Crippen LogP contribution in [-0.4, -0.2) is 55.0 Å². The Bertz CT molecular complexity index is 589. The topological polar surface area (TPSA) is 76.2 Å². The lowest BCUT2D eigenvalue weighted by molar-refractivity contribution is -0.236. The van der Waals surface area contributed by atoms with E-state index in [2.05, 4.69) is 9.78 Å². The number of carbonyl (C=O) groups excluding carboxylic acids is 3. The van der Waals surface area contributed by atoms with Gasteiger partial charge < -0.3 is 9.80 Å². The average molecular weight is 364 g/mol. The summed E-state index contributed by atoms with van der Waals surface area (Å²) in [5.74, 6) is -0.308. The highest BCUT2D eigenvalue weighted by molar-refractivity contribution is 5.76. The summed E-state index contributed by atoms with van der Waals surface area (Å²) in [6, 6.07) is 9.48. The molecule has 1 aromatic carbocycles. The molecular weight excluding hydrogens is 336 g/mol. The van der Waals surface area contributed by atoms with Crippen molar-refractivity contribution in [3.8, 4) is 0 Å². The molecule has 0 saturated carbocycles. The van der Waals surface area contributed by atoms with E-state index in [-0.39, 0.29) is 24.8 Å². The fourth-order valence-corrected chi connectivity index (χ4v) is 2.10. The van der Waals surface area contributed by atoms with Crippen LogP contribution in [0.15, 0.2) is 30.3 Å². The zero-order chi connectivity index (χ0) is 19.5. The monoisotopic (exact) mass is 364 g/mol. The molecule has 0 atom stereocenters. The zero-order valence-corrected chi connectivity index (χ0v) is 15.9. The van der Waals surface area contributed by atoms with E-state index < -0.39 is 12.1 Å². The van der Waals surface area contributed by atoms with Gasteiger partial charge in [-0.15, -0.1) is 0 Å². The van der Waals surface area contributed by atoms with Crippen LogP contribution in [0.25, 0.3) is 0 Å². The second-order valence-electron chi connectivity index (χ2n) is 6.63. The molecule has 26 heavy (non-hydrogen) atoms. The molecule has 0 aliphatic carbocycles. The summed E-state index contributed by atoms with van der Waals surface area (Å²) >= 11 is 0. The summed E-state index contributed by atoms with van der Waals surface area (Å²) < 4.78 is 0.